The van der Waals surface area contributed by atoms with Crippen molar-refractivity contribution < 1.29 is 23.2 Å². The maximum absolute atomic E-state index is 13.0. The van der Waals surface area contributed by atoms with Crippen molar-refractivity contribution in [1.82, 2.24) is 0 Å². The summed E-state index contributed by atoms with van der Waals surface area (Å²) in [6.07, 6.45) is 0. The van der Waals surface area contributed by atoms with E-state index in [9.17, 15) is 23.2 Å². The molecule has 0 fully saturated rings. The molecule has 0 aromatic heterocycles. The van der Waals surface area contributed by atoms with Crippen molar-refractivity contribution in [3.8, 4) is 11.5 Å². The van der Waals surface area contributed by atoms with E-state index in [1.165, 1.54) is 30.3 Å². The second kappa shape index (κ2) is 7.87. The van der Waals surface area contributed by atoms with Crippen LogP contribution in [0.5, 0.6) is 11.5 Å². The Morgan fingerprint density at radius 1 is 0.759 bits per heavy atom. The van der Waals surface area contributed by atoms with E-state index in [0.717, 1.165) is 18.2 Å². The minimum Gasteiger partial charge on any atom is -0.508 e. The van der Waals surface area contributed by atoms with Gasteiger partial charge in [-0.3, -0.25) is 4.55 Å². The molecule has 1 unspecified atom stereocenters. The van der Waals surface area contributed by atoms with Gasteiger partial charge in [0.05, 0.1) is 10.0 Å². The van der Waals surface area contributed by atoms with Gasteiger partial charge in [-0.1, -0.05) is 70.7 Å². The van der Waals surface area contributed by atoms with Crippen LogP contribution >= 0.6 is 46.4 Å². The first-order valence-electron chi connectivity index (χ1n) is 7.89. The Morgan fingerprint density at radius 2 is 1.34 bits per heavy atom. The zero-order valence-corrected chi connectivity index (χ0v) is 18.1. The molecule has 0 heterocycles. The van der Waals surface area contributed by atoms with E-state index in [0.29, 0.717) is 0 Å². The average Bonchev–Trinajstić information content (AvgIpc) is 2.62. The lowest BCUT2D eigenvalue weighted by atomic mass is 9.83. The van der Waals surface area contributed by atoms with E-state index in [1.54, 1.807) is 6.07 Å². The van der Waals surface area contributed by atoms with Gasteiger partial charge in [0.1, 0.15) is 5.75 Å². The van der Waals surface area contributed by atoms with E-state index < -0.39 is 26.4 Å². The normalized spacial score (nSPS) is 13.8. The molecule has 0 amide bonds. The minimum absolute atomic E-state index is 0.0141. The zero-order chi connectivity index (χ0) is 21.6. The Balaban J connectivity index is 2.61. The van der Waals surface area contributed by atoms with Gasteiger partial charge in [-0.25, -0.2) is 0 Å². The minimum atomic E-state index is -5.08. The monoisotopic (exact) mass is 492 g/mol. The van der Waals surface area contributed by atoms with Crippen LogP contribution in [0.3, 0.4) is 0 Å². The van der Waals surface area contributed by atoms with Crippen molar-refractivity contribution in [1.29, 1.82) is 0 Å². The summed E-state index contributed by atoms with van der Waals surface area (Å²) in [6.45, 7) is 0. The van der Waals surface area contributed by atoms with Crippen LogP contribution < -0.4 is 0 Å². The molecule has 0 spiro atoms. The highest BCUT2D eigenvalue weighted by atomic mass is 35.5. The maximum Gasteiger partial charge on any atom is 0.283 e. The van der Waals surface area contributed by atoms with Gasteiger partial charge in [0.2, 0.25) is 0 Å². The Hall–Kier alpha value is -1.67. The number of halogens is 4. The molecule has 3 aromatic carbocycles. The first kappa shape index (κ1) is 22.0. The van der Waals surface area contributed by atoms with Crippen LogP contribution in [0.25, 0.3) is 0 Å². The van der Waals surface area contributed by atoms with Crippen molar-refractivity contribution >= 4 is 56.5 Å². The third-order valence-electron chi connectivity index (χ3n) is 4.40. The molecule has 3 N–H and O–H groups in total. The van der Waals surface area contributed by atoms with Crippen molar-refractivity contribution in [3.63, 3.8) is 0 Å². The van der Waals surface area contributed by atoms with Gasteiger partial charge in [-0.2, -0.15) is 8.42 Å². The highest BCUT2D eigenvalue weighted by molar-refractivity contribution is 7.87. The zero-order valence-electron chi connectivity index (χ0n) is 14.3. The summed E-state index contributed by atoms with van der Waals surface area (Å²) in [6, 6.07) is 11.8. The molecule has 10 heteroatoms. The summed E-state index contributed by atoms with van der Waals surface area (Å²) in [4.78, 5) is 0. The number of phenols is 2. The fraction of sp³-hybridized carbons (Fsp3) is 0.0526. The Bertz CT molecular complexity index is 1190. The van der Waals surface area contributed by atoms with Gasteiger partial charge in [-0.05, 0) is 35.9 Å². The van der Waals surface area contributed by atoms with Crippen molar-refractivity contribution in [3.05, 3.63) is 91.4 Å². The molecule has 3 rings (SSSR count). The lowest BCUT2D eigenvalue weighted by molar-refractivity contribution is 0.440. The SMILES string of the molecule is O=S(=O)(O)C(c1cc(Cl)c(O)c(Cl)c1)(c1ccc(Cl)cc1O)c1ccccc1Cl. The summed E-state index contributed by atoms with van der Waals surface area (Å²) in [5.74, 6) is -0.990. The van der Waals surface area contributed by atoms with Gasteiger partial charge >= 0.3 is 0 Å². The molecular weight excluding hydrogens is 482 g/mol. The third kappa shape index (κ3) is 3.65. The van der Waals surface area contributed by atoms with Gasteiger partial charge in [0, 0.05) is 21.2 Å². The largest absolute Gasteiger partial charge is 0.508 e. The fourth-order valence-corrected chi connectivity index (χ4v) is 5.51. The molecule has 0 radical (unpaired) electrons. The molecule has 0 aliphatic carbocycles. The maximum atomic E-state index is 13.0. The van der Waals surface area contributed by atoms with E-state index in [4.69, 9.17) is 46.4 Å². The third-order valence-corrected chi connectivity index (χ3v) is 6.99. The van der Waals surface area contributed by atoms with Crippen LogP contribution in [-0.2, 0) is 14.9 Å². The average molecular weight is 494 g/mol. The summed E-state index contributed by atoms with van der Waals surface area (Å²) in [7, 11) is -5.08. The summed E-state index contributed by atoms with van der Waals surface area (Å²) in [5, 5.41) is 20.1. The van der Waals surface area contributed by atoms with E-state index in [1.807, 2.05) is 0 Å². The number of hydrogen-bond donors (Lipinski definition) is 3. The molecule has 29 heavy (non-hydrogen) atoms. The van der Waals surface area contributed by atoms with Crippen molar-refractivity contribution in [2.45, 2.75) is 4.75 Å². The second-order valence-corrected chi connectivity index (χ2v) is 9.31. The standard InChI is InChI=1S/C19H12Cl4O5S/c20-11-5-6-13(17(24)9-11)19(29(26,27)28,12-3-1-2-4-14(12)21)10-7-15(22)18(25)16(23)8-10/h1-9,24-25H,(H,26,27,28). The van der Waals surface area contributed by atoms with Crippen LogP contribution in [0.15, 0.2) is 54.6 Å². The summed E-state index contributed by atoms with van der Waals surface area (Å²) >= 11 is 24.3. The first-order valence-corrected chi connectivity index (χ1v) is 10.8. The molecule has 1 atom stereocenters. The summed E-state index contributed by atoms with van der Waals surface area (Å²) in [5.41, 5.74) is -0.464. The molecule has 0 aliphatic heterocycles. The number of hydrogen-bond acceptors (Lipinski definition) is 4. The lowest BCUT2D eigenvalue weighted by Crippen LogP contribution is -2.38. The van der Waals surface area contributed by atoms with E-state index in [2.05, 4.69) is 0 Å². The molecular formula is C19H12Cl4O5S. The van der Waals surface area contributed by atoms with E-state index >= 15 is 0 Å². The number of benzene rings is 3. The predicted molar refractivity (Wildman–Crippen MR) is 114 cm³/mol. The summed E-state index contributed by atoms with van der Waals surface area (Å²) < 4.78 is 34.0. The number of aromatic hydroxyl groups is 2. The first-order chi connectivity index (χ1) is 13.5. The molecule has 0 saturated heterocycles. The quantitative estimate of drug-likeness (QED) is 0.311. The molecule has 3 aromatic rings. The van der Waals surface area contributed by atoms with Crippen molar-refractivity contribution in [2.75, 3.05) is 0 Å². The van der Waals surface area contributed by atoms with Crippen LogP contribution in [0.1, 0.15) is 16.7 Å². The Labute approximate surface area is 186 Å². The molecule has 0 saturated carbocycles. The highest BCUT2D eigenvalue weighted by Crippen LogP contribution is 2.51. The molecule has 5 nitrogen and oxygen atoms in total. The number of phenolic OH excluding ortho intramolecular Hbond substituents is 2. The molecule has 152 valence electrons. The molecule has 0 aliphatic rings. The highest BCUT2D eigenvalue weighted by Gasteiger charge is 2.51. The smallest absolute Gasteiger partial charge is 0.283 e. The van der Waals surface area contributed by atoms with Gasteiger partial charge < -0.3 is 10.2 Å². The number of rotatable bonds is 4. The fourth-order valence-electron chi connectivity index (χ4n) is 3.20. The van der Waals surface area contributed by atoms with Crippen LogP contribution in [-0.4, -0.2) is 23.2 Å². The van der Waals surface area contributed by atoms with Crippen LogP contribution in [0, 0.1) is 0 Å². The Kier molecular flexibility index (Phi) is 5.98. The van der Waals surface area contributed by atoms with E-state index in [-0.39, 0.29) is 36.8 Å². The van der Waals surface area contributed by atoms with Gasteiger partial charge in [0.25, 0.3) is 10.1 Å². The second-order valence-electron chi connectivity index (χ2n) is 6.09. The topological polar surface area (TPSA) is 94.8 Å². The van der Waals surface area contributed by atoms with Crippen LogP contribution in [0.4, 0.5) is 0 Å². The lowest BCUT2D eigenvalue weighted by Gasteiger charge is -2.34. The van der Waals surface area contributed by atoms with Crippen molar-refractivity contribution in [2.24, 2.45) is 0 Å². The predicted octanol–water partition coefficient (Wildman–Crippen LogP) is 5.89. The Morgan fingerprint density at radius 3 is 1.86 bits per heavy atom. The van der Waals surface area contributed by atoms with Gasteiger partial charge in [0.15, 0.2) is 10.5 Å². The van der Waals surface area contributed by atoms with Gasteiger partial charge in [-0.15, -0.1) is 0 Å². The molecule has 0 bridgehead atoms. The van der Waals surface area contributed by atoms with Crippen LogP contribution in [0.2, 0.25) is 20.1 Å².